The van der Waals surface area contributed by atoms with Crippen molar-refractivity contribution < 1.29 is 9.59 Å². The number of hydrogen-bond acceptors (Lipinski definition) is 4. The number of nitrogens with one attached hydrogen (secondary N) is 1. The summed E-state index contributed by atoms with van der Waals surface area (Å²) in [6.07, 6.45) is 7.65. The summed E-state index contributed by atoms with van der Waals surface area (Å²) < 4.78 is 0. The van der Waals surface area contributed by atoms with E-state index in [1.807, 2.05) is 24.3 Å². The number of primary amides is 1. The molecule has 6 nitrogen and oxygen atoms in total. The second-order valence-electron chi connectivity index (χ2n) is 8.17. The van der Waals surface area contributed by atoms with E-state index in [0.717, 1.165) is 63.0 Å². The number of piperidine rings is 1. The Morgan fingerprint density at radius 1 is 1.11 bits per heavy atom. The lowest BCUT2D eigenvalue weighted by Gasteiger charge is -2.36. The molecule has 3 rings (SSSR count). The topological polar surface area (TPSA) is 101 Å². The Hall–Kier alpha value is -2.08. The van der Waals surface area contributed by atoms with Gasteiger partial charge in [-0.2, -0.15) is 0 Å². The molecule has 1 aliphatic heterocycles. The van der Waals surface area contributed by atoms with Gasteiger partial charge in [0.25, 0.3) is 0 Å². The number of anilines is 2. The fraction of sp³-hybridized carbons (Fsp3) is 0.619. The molecule has 0 bridgehead atoms. The molecule has 27 heavy (non-hydrogen) atoms. The Morgan fingerprint density at radius 2 is 1.78 bits per heavy atom. The average Bonchev–Trinajstić information content (AvgIpc) is 2.69. The van der Waals surface area contributed by atoms with E-state index in [0.29, 0.717) is 13.0 Å². The highest BCUT2D eigenvalue weighted by molar-refractivity contribution is 5.94. The van der Waals surface area contributed by atoms with Crippen LogP contribution in [-0.2, 0) is 9.59 Å². The second kappa shape index (κ2) is 8.74. The minimum atomic E-state index is -0.212. The molecule has 0 aromatic heterocycles. The SMILES string of the molecule is NCC1(CC(=O)Nc2ccccc2N2CCC(C(N)=O)CC2)CCCCC1. The molecule has 0 atom stereocenters. The summed E-state index contributed by atoms with van der Waals surface area (Å²) >= 11 is 0. The fourth-order valence-corrected chi connectivity index (χ4v) is 4.55. The molecule has 1 saturated carbocycles. The monoisotopic (exact) mass is 372 g/mol. The maximum atomic E-state index is 12.8. The van der Waals surface area contributed by atoms with Gasteiger partial charge in [0.2, 0.25) is 11.8 Å². The molecule has 1 heterocycles. The minimum absolute atomic E-state index is 0.0429. The average molecular weight is 373 g/mol. The number of hydrogen-bond donors (Lipinski definition) is 3. The summed E-state index contributed by atoms with van der Waals surface area (Å²) in [5, 5.41) is 3.12. The van der Waals surface area contributed by atoms with E-state index >= 15 is 0 Å². The van der Waals surface area contributed by atoms with Crippen LogP contribution in [0.1, 0.15) is 51.4 Å². The lowest BCUT2D eigenvalue weighted by molar-refractivity contribution is -0.122. The van der Waals surface area contributed by atoms with Crippen molar-refractivity contribution in [3.63, 3.8) is 0 Å². The number of carbonyl (C=O) groups is 2. The summed E-state index contributed by atoms with van der Waals surface area (Å²) in [5.74, 6) is -0.212. The highest BCUT2D eigenvalue weighted by Crippen LogP contribution is 2.39. The lowest BCUT2D eigenvalue weighted by Crippen LogP contribution is -2.39. The van der Waals surface area contributed by atoms with Crippen LogP contribution in [-0.4, -0.2) is 31.4 Å². The number of amides is 2. The minimum Gasteiger partial charge on any atom is -0.370 e. The van der Waals surface area contributed by atoms with Gasteiger partial charge in [0.1, 0.15) is 0 Å². The Bertz CT molecular complexity index is 662. The maximum Gasteiger partial charge on any atom is 0.225 e. The molecule has 5 N–H and O–H groups in total. The molecule has 1 aromatic carbocycles. The van der Waals surface area contributed by atoms with Crippen molar-refractivity contribution in [2.45, 2.75) is 51.4 Å². The van der Waals surface area contributed by atoms with Gasteiger partial charge in [-0.25, -0.2) is 0 Å². The molecule has 1 aliphatic carbocycles. The van der Waals surface area contributed by atoms with Gasteiger partial charge in [-0.1, -0.05) is 31.4 Å². The number of para-hydroxylation sites is 2. The van der Waals surface area contributed by atoms with Crippen molar-refractivity contribution in [1.82, 2.24) is 0 Å². The van der Waals surface area contributed by atoms with Crippen molar-refractivity contribution in [1.29, 1.82) is 0 Å². The smallest absolute Gasteiger partial charge is 0.225 e. The van der Waals surface area contributed by atoms with Gasteiger partial charge in [-0.15, -0.1) is 0 Å². The largest absolute Gasteiger partial charge is 0.370 e. The number of nitrogens with two attached hydrogens (primary N) is 2. The zero-order valence-corrected chi connectivity index (χ0v) is 16.1. The van der Waals surface area contributed by atoms with Crippen molar-refractivity contribution >= 4 is 23.2 Å². The third-order valence-electron chi connectivity index (χ3n) is 6.30. The predicted octanol–water partition coefficient (Wildman–Crippen LogP) is 2.63. The Morgan fingerprint density at radius 3 is 2.41 bits per heavy atom. The van der Waals surface area contributed by atoms with Gasteiger partial charge in [0, 0.05) is 25.4 Å². The molecular weight excluding hydrogens is 340 g/mol. The second-order valence-corrected chi connectivity index (χ2v) is 8.17. The molecule has 2 fully saturated rings. The van der Waals surface area contributed by atoms with Gasteiger partial charge in [-0.05, 0) is 49.8 Å². The van der Waals surface area contributed by atoms with Gasteiger partial charge in [0.05, 0.1) is 11.4 Å². The van der Waals surface area contributed by atoms with Crippen molar-refractivity contribution in [3.05, 3.63) is 24.3 Å². The molecule has 2 aliphatic rings. The van der Waals surface area contributed by atoms with Crippen LogP contribution in [0.4, 0.5) is 11.4 Å². The molecule has 0 spiro atoms. The van der Waals surface area contributed by atoms with Crippen LogP contribution in [0.15, 0.2) is 24.3 Å². The molecular formula is C21H32N4O2. The first kappa shape index (κ1) is 19.7. The van der Waals surface area contributed by atoms with Crippen molar-refractivity contribution in [2.24, 2.45) is 22.8 Å². The van der Waals surface area contributed by atoms with E-state index in [1.165, 1.54) is 6.42 Å². The quantitative estimate of drug-likeness (QED) is 0.714. The zero-order valence-electron chi connectivity index (χ0n) is 16.1. The summed E-state index contributed by atoms with van der Waals surface area (Å²) in [6.45, 7) is 2.11. The first-order valence-corrected chi connectivity index (χ1v) is 10.2. The van der Waals surface area contributed by atoms with Gasteiger partial charge < -0.3 is 21.7 Å². The fourth-order valence-electron chi connectivity index (χ4n) is 4.55. The van der Waals surface area contributed by atoms with E-state index in [-0.39, 0.29) is 23.1 Å². The summed E-state index contributed by atoms with van der Waals surface area (Å²) in [6, 6.07) is 7.89. The molecule has 2 amide bonds. The first-order valence-electron chi connectivity index (χ1n) is 10.2. The number of carbonyl (C=O) groups excluding carboxylic acids is 2. The van der Waals surface area contributed by atoms with Crippen LogP contribution in [0.5, 0.6) is 0 Å². The Kier molecular flexibility index (Phi) is 6.37. The Labute approximate surface area is 161 Å². The highest BCUT2D eigenvalue weighted by Gasteiger charge is 2.33. The van der Waals surface area contributed by atoms with E-state index in [9.17, 15) is 9.59 Å². The van der Waals surface area contributed by atoms with E-state index in [4.69, 9.17) is 11.5 Å². The summed E-state index contributed by atoms with van der Waals surface area (Å²) in [7, 11) is 0. The third kappa shape index (κ3) is 4.80. The third-order valence-corrected chi connectivity index (χ3v) is 6.30. The molecule has 1 aromatic rings. The van der Waals surface area contributed by atoms with Crippen LogP contribution in [0.3, 0.4) is 0 Å². The number of rotatable bonds is 6. The first-order chi connectivity index (χ1) is 13.0. The molecule has 148 valence electrons. The maximum absolute atomic E-state index is 12.8. The molecule has 0 radical (unpaired) electrons. The standard InChI is InChI=1S/C21H32N4O2/c22-15-21(10-4-1-5-11-21)14-19(26)24-17-6-2-3-7-18(17)25-12-8-16(9-13-25)20(23)27/h2-3,6-7,16H,1,4-5,8-15,22H2,(H2,23,27)(H,24,26). The van der Waals surface area contributed by atoms with Crippen LogP contribution in [0.2, 0.25) is 0 Å². The summed E-state index contributed by atoms with van der Waals surface area (Å²) in [5.41, 5.74) is 13.3. The van der Waals surface area contributed by atoms with E-state index in [1.54, 1.807) is 0 Å². The Balaban J connectivity index is 1.65. The highest BCUT2D eigenvalue weighted by atomic mass is 16.2. The molecule has 6 heteroatoms. The van der Waals surface area contributed by atoms with Gasteiger partial charge in [0.15, 0.2) is 0 Å². The van der Waals surface area contributed by atoms with Crippen LogP contribution >= 0.6 is 0 Å². The lowest BCUT2D eigenvalue weighted by atomic mass is 9.71. The van der Waals surface area contributed by atoms with E-state index < -0.39 is 0 Å². The number of nitrogens with zero attached hydrogens (tertiary/aromatic N) is 1. The van der Waals surface area contributed by atoms with Crippen LogP contribution < -0.4 is 21.7 Å². The van der Waals surface area contributed by atoms with Gasteiger partial charge in [-0.3, -0.25) is 9.59 Å². The molecule has 0 unspecified atom stereocenters. The zero-order chi connectivity index (χ0) is 19.3. The number of benzene rings is 1. The summed E-state index contributed by atoms with van der Waals surface area (Å²) in [4.78, 5) is 26.4. The van der Waals surface area contributed by atoms with E-state index in [2.05, 4.69) is 10.2 Å². The van der Waals surface area contributed by atoms with Crippen LogP contribution in [0.25, 0.3) is 0 Å². The molecule has 1 saturated heterocycles. The normalized spacial score (nSPS) is 20.3. The van der Waals surface area contributed by atoms with Crippen LogP contribution in [0, 0.1) is 11.3 Å². The van der Waals surface area contributed by atoms with Crippen molar-refractivity contribution in [2.75, 3.05) is 29.9 Å². The predicted molar refractivity (Wildman–Crippen MR) is 108 cm³/mol. The van der Waals surface area contributed by atoms with Gasteiger partial charge >= 0.3 is 0 Å². The van der Waals surface area contributed by atoms with Crippen molar-refractivity contribution in [3.8, 4) is 0 Å².